The van der Waals surface area contributed by atoms with Gasteiger partial charge in [0.25, 0.3) is 0 Å². The molecule has 5 heteroatoms. The summed E-state index contributed by atoms with van der Waals surface area (Å²) in [6, 6.07) is 19.2. The Morgan fingerprint density at radius 2 is 1.83 bits per heavy atom. The molecule has 158 valence electrons. The Morgan fingerprint density at radius 3 is 2.50 bits per heavy atom. The summed E-state index contributed by atoms with van der Waals surface area (Å²) >= 11 is 1.76. The smallest absolute Gasteiger partial charge is 0.161 e. The molecule has 3 aromatic rings. The highest BCUT2D eigenvalue weighted by molar-refractivity contribution is 7.19. The molecule has 0 amide bonds. The lowest BCUT2D eigenvalue weighted by Gasteiger charge is -2.30. The van der Waals surface area contributed by atoms with E-state index >= 15 is 0 Å². The van der Waals surface area contributed by atoms with Crippen LogP contribution in [0.3, 0.4) is 0 Å². The molecule has 0 bridgehead atoms. The molecular weight excluding hydrogens is 392 g/mol. The number of nitrogens with one attached hydrogen (secondary N) is 1. The molecule has 4 nitrogen and oxygen atoms in total. The van der Waals surface area contributed by atoms with Crippen molar-refractivity contribution in [3.63, 3.8) is 0 Å². The lowest BCUT2D eigenvalue weighted by Crippen LogP contribution is -2.31. The van der Waals surface area contributed by atoms with E-state index < -0.39 is 5.41 Å². The van der Waals surface area contributed by atoms with Crippen LogP contribution in [0.15, 0.2) is 48.5 Å². The second kappa shape index (κ2) is 9.97. The average molecular weight is 423 g/mol. The number of rotatable bonds is 10. The molecule has 0 radical (unpaired) electrons. The van der Waals surface area contributed by atoms with Gasteiger partial charge in [-0.05, 0) is 60.5 Å². The average Bonchev–Trinajstić information content (AvgIpc) is 3.20. The first-order valence-corrected chi connectivity index (χ1v) is 11.2. The van der Waals surface area contributed by atoms with E-state index in [1.165, 1.54) is 15.0 Å². The number of methoxy groups -OCH3 is 2. The van der Waals surface area contributed by atoms with Crippen LogP contribution >= 0.6 is 11.3 Å². The van der Waals surface area contributed by atoms with E-state index in [4.69, 9.17) is 9.47 Å². The highest BCUT2D eigenvalue weighted by Gasteiger charge is 2.37. The SMILES string of the molecule is COc1ccc(CNCCCC(C#N)(c2cc3ccccc3s2)C(C)C)cc1OC. The van der Waals surface area contributed by atoms with Gasteiger partial charge in [-0.1, -0.05) is 38.1 Å². The molecule has 0 saturated carbocycles. The third-order valence-electron chi connectivity index (χ3n) is 5.75. The second-order valence-electron chi connectivity index (χ2n) is 7.86. The Labute approximate surface area is 183 Å². The van der Waals surface area contributed by atoms with Crippen molar-refractivity contribution in [2.45, 2.75) is 38.6 Å². The first-order valence-electron chi connectivity index (χ1n) is 10.4. The Morgan fingerprint density at radius 1 is 1.07 bits per heavy atom. The van der Waals surface area contributed by atoms with Crippen molar-refractivity contribution in [1.29, 1.82) is 5.26 Å². The topological polar surface area (TPSA) is 54.3 Å². The molecule has 3 rings (SSSR count). The van der Waals surface area contributed by atoms with Crippen molar-refractivity contribution in [3.05, 3.63) is 59.0 Å². The number of nitrogens with zero attached hydrogens (tertiary/aromatic N) is 1. The molecule has 0 spiro atoms. The predicted octanol–water partition coefficient (Wildman–Crippen LogP) is 5.91. The highest BCUT2D eigenvalue weighted by Crippen LogP contribution is 2.42. The van der Waals surface area contributed by atoms with Crippen LogP contribution in [0.5, 0.6) is 11.5 Å². The number of fused-ring (bicyclic) bond motifs is 1. The van der Waals surface area contributed by atoms with Crippen molar-refractivity contribution in [3.8, 4) is 17.6 Å². The Bertz CT molecular complexity index is 988. The van der Waals surface area contributed by atoms with E-state index in [2.05, 4.69) is 55.6 Å². The zero-order chi connectivity index (χ0) is 21.6. The van der Waals surface area contributed by atoms with E-state index in [1.807, 2.05) is 18.2 Å². The molecule has 2 aromatic carbocycles. The van der Waals surface area contributed by atoms with Gasteiger partial charge in [0.1, 0.15) is 0 Å². The molecule has 1 N–H and O–H groups in total. The van der Waals surface area contributed by atoms with Gasteiger partial charge < -0.3 is 14.8 Å². The Kier molecular flexibility index (Phi) is 7.36. The molecule has 1 aromatic heterocycles. The van der Waals surface area contributed by atoms with Gasteiger partial charge in [-0.2, -0.15) is 5.26 Å². The summed E-state index contributed by atoms with van der Waals surface area (Å²) in [6.45, 7) is 5.93. The van der Waals surface area contributed by atoms with Crippen LogP contribution in [0.1, 0.15) is 37.1 Å². The van der Waals surface area contributed by atoms with Gasteiger partial charge in [-0.25, -0.2) is 0 Å². The van der Waals surface area contributed by atoms with Crippen LogP contribution < -0.4 is 14.8 Å². The molecule has 0 aliphatic heterocycles. The third kappa shape index (κ3) is 4.61. The fourth-order valence-corrected chi connectivity index (χ4v) is 5.23. The molecule has 0 aliphatic carbocycles. The fourth-order valence-electron chi connectivity index (χ4n) is 3.85. The summed E-state index contributed by atoms with van der Waals surface area (Å²) in [6.07, 6.45) is 1.78. The van der Waals surface area contributed by atoms with Crippen molar-refractivity contribution in [2.75, 3.05) is 20.8 Å². The Balaban J connectivity index is 1.63. The number of thiophene rings is 1. The Hall–Kier alpha value is -2.55. The van der Waals surface area contributed by atoms with Crippen LogP contribution in [0.25, 0.3) is 10.1 Å². The number of hydrogen-bond donors (Lipinski definition) is 1. The number of hydrogen-bond acceptors (Lipinski definition) is 5. The van der Waals surface area contributed by atoms with Crippen LogP contribution in [-0.2, 0) is 12.0 Å². The van der Waals surface area contributed by atoms with E-state index in [1.54, 1.807) is 25.6 Å². The van der Waals surface area contributed by atoms with Gasteiger partial charge in [0.05, 0.1) is 25.7 Å². The summed E-state index contributed by atoms with van der Waals surface area (Å²) < 4.78 is 11.9. The van der Waals surface area contributed by atoms with Crippen molar-refractivity contribution < 1.29 is 9.47 Å². The molecule has 0 saturated heterocycles. The molecule has 1 heterocycles. The first kappa shape index (κ1) is 22.1. The maximum absolute atomic E-state index is 10.2. The van der Waals surface area contributed by atoms with Crippen molar-refractivity contribution >= 4 is 21.4 Å². The third-order valence-corrected chi connectivity index (χ3v) is 7.05. The summed E-state index contributed by atoms with van der Waals surface area (Å²) in [5.41, 5.74) is 0.696. The number of benzene rings is 2. The number of nitriles is 1. The van der Waals surface area contributed by atoms with Crippen LogP contribution in [-0.4, -0.2) is 20.8 Å². The largest absolute Gasteiger partial charge is 0.493 e. The molecule has 0 fully saturated rings. The van der Waals surface area contributed by atoms with Gasteiger partial charge in [0, 0.05) is 16.1 Å². The number of ether oxygens (including phenoxy) is 2. The van der Waals surface area contributed by atoms with Crippen molar-refractivity contribution in [2.24, 2.45) is 5.92 Å². The molecule has 0 aliphatic rings. The predicted molar refractivity (Wildman–Crippen MR) is 124 cm³/mol. The van der Waals surface area contributed by atoms with Crippen molar-refractivity contribution in [1.82, 2.24) is 5.32 Å². The quantitative estimate of drug-likeness (QED) is 0.413. The fraction of sp³-hybridized carbons (Fsp3) is 0.400. The van der Waals surface area contributed by atoms with E-state index in [9.17, 15) is 5.26 Å². The molecule has 30 heavy (non-hydrogen) atoms. The van der Waals surface area contributed by atoms with Gasteiger partial charge in [0.15, 0.2) is 11.5 Å². The zero-order valence-corrected chi connectivity index (χ0v) is 19.0. The summed E-state index contributed by atoms with van der Waals surface area (Å²) in [4.78, 5) is 1.18. The summed E-state index contributed by atoms with van der Waals surface area (Å²) in [7, 11) is 3.29. The second-order valence-corrected chi connectivity index (χ2v) is 8.94. The summed E-state index contributed by atoms with van der Waals surface area (Å²) in [5.74, 6) is 1.73. The lowest BCUT2D eigenvalue weighted by atomic mass is 9.73. The minimum Gasteiger partial charge on any atom is -0.493 e. The van der Waals surface area contributed by atoms with Gasteiger partial charge in [0.2, 0.25) is 0 Å². The molecule has 1 atom stereocenters. The standard InChI is InChI=1S/C25H30N2O2S/c1-18(2)25(17-26,24-15-20-8-5-6-9-23(20)30-24)12-7-13-27-16-19-10-11-21(28-3)22(14-19)29-4/h5-6,8-11,14-15,18,27H,7,12-13,16H2,1-4H3. The molecule has 1 unspecified atom stereocenters. The normalized spacial score (nSPS) is 13.2. The van der Waals surface area contributed by atoms with Gasteiger partial charge in [-0.3, -0.25) is 0 Å². The van der Waals surface area contributed by atoms with Crippen LogP contribution in [0.2, 0.25) is 0 Å². The summed E-state index contributed by atoms with van der Waals surface area (Å²) in [5, 5.41) is 14.9. The molecular formula is C25H30N2O2S. The maximum atomic E-state index is 10.2. The van der Waals surface area contributed by atoms with Gasteiger partial charge >= 0.3 is 0 Å². The lowest BCUT2D eigenvalue weighted by molar-refractivity contribution is 0.354. The highest BCUT2D eigenvalue weighted by atomic mass is 32.1. The minimum absolute atomic E-state index is 0.251. The minimum atomic E-state index is -0.450. The first-order chi connectivity index (χ1) is 14.5. The van der Waals surface area contributed by atoms with E-state index in [-0.39, 0.29) is 5.92 Å². The zero-order valence-electron chi connectivity index (χ0n) is 18.2. The monoisotopic (exact) mass is 422 g/mol. The van der Waals surface area contributed by atoms with E-state index in [0.29, 0.717) is 0 Å². The van der Waals surface area contributed by atoms with E-state index in [0.717, 1.165) is 43.0 Å². The maximum Gasteiger partial charge on any atom is 0.161 e. The van der Waals surface area contributed by atoms with Gasteiger partial charge in [-0.15, -0.1) is 11.3 Å². The van der Waals surface area contributed by atoms with Crippen LogP contribution in [0, 0.1) is 17.2 Å². The van der Waals surface area contributed by atoms with Crippen LogP contribution in [0.4, 0.5) is 0 Å².